The molecule has 0 atom stereocenters. The van der Waals surface area contributed by atoms with E-state index < -0.39 is 22.0 Å². The lowest BCUT2D eigenvalue weighted by atomic mass is 10.2. The van der Waals surface area contributed by atoms with E-state index in [0.29, 0.717) is 22.6 Å². The minimum absolute atomic E-state index is 0.00884. The minimum atomic E-state index is -3.77. The smallest absolute Gasteiger partial charge is 0.339 e. The first kappa shape index (κ1) is 19.3. The highest BCUT2D eigenvalue weighted by Gasteiger charge is 2.15. The van der Waals surface area contributed by atoms with Gasteiger partial charge in [0.1, 0.15) is 5.69 Å². The van der Waals surface area contributed by atoms with Gasteiger partial charge in [-0.05, 0) is 24.6 Å². The standard InChI is InChI=1S/C16H16N6O5S/c1-9-12(15(23)24)7-18-14-13(8-20-22(9)14)21-16(25)19-6-10-2-4-11(5-3-10)28(17,26)27/h2-5,7-8H,6H2,1H3,(H,23,24)(H2,17,26,27)(H2,19,21,25). The van der Waals surface area contributed by atoms with E-state index in [-0.39, 0.29) is 17.0 Å². The summed E-state index contributed by atoms with van der Waals surface area (Å²) < 4.78 is 23.8. The molecule has 3 aromatic rings. The number of carboxylic acid groups (broad SMARTS) is 1. The highest BCUT2D eigenvalue weighted by molar-refractivity contribution is 7.89. The number of nitrogens with zero attached hydrogens (tertiary/aromatic N) is 3. The van der Waals surface area contributed by atoms with Gasteiger partial charge in [0.05, 0.1) is 22.3 Å². The lowest BCUT2D eigenvalue weighted by Gasteiger charge is -2.08. The van der Waals surface area contributed by atoms with E-state index in [4.69, 9.17) is 10.2 Å². The number of hydrogen-bond acceptors (Lipinski definition) is 6. The molecule has 2 heterocycles. The molecule has 2 amide bonds. The van der Waals surface area contributed by atoms with Crippen molar-refractivity contribution >= 4 is 33.4 Å². The number of carbonyl (C=O) groups excluding carboxylic acids is 1. The van der Waals surface area contributed by atoms with Crippen molar-refractivity contribution in [2.24, 2.45) is 5.14 Å². The summed E-state index contributed by atoms with van der Waals surface area (Å²) in [5.41, 5.74) is 1.66. The molecule has 2 aromatic heterocycles. The van der Waals surface area contributed by atoms with Gasteiger partial charge in [0.25, 0.3) is 0 Å². The third-order valence-corrected chi connectivity index (χ3v) is 4.88. The lowest BCUT2D eigenvalue weighted by molar-refractivity contribution is 0.0694. The first-order valence-electron chi connectivity index (χ1n) is 7.90. The van der Waals surface area contributed by atoms with Crippen LogP contribution in [-0.2, 0) is 16.6 Å². The van der Waals surface area contributed by atoms with Gasteiger partial charge < -0.3 is 15.7 Å². The van der Waals surface area contributed by atoms with Crippen molar-refractivity contribution in [2.45, 2.75) is 18.4 Å². The van der Waals surface area contributed by atoms with Gasteiger partial charge >= 0.3 is 12.0 Å². The Bertz CT molecular complexity index is 1170. The number of nitrogens with two attached hydrogens (primary N) is 1. The highest BCUT2D eigenvalue weighted by atomic mass is 32.2. The maximum Gasteiger partial charge on any atom is 0.339 e. The molecule has 0 aliphatic rings. The van der Waals surface area contributed by atoms with Crippen LogP contribution in [0.25, 0.3) is 5.65 Å². The van der Waals surface area contributed by atoms with Crippen molar-refractivity contribution in [3.63, 3.8) is 0 Å². The molecule has 0 saturated heterocycles. The molecule has 0 radical (unpaired) electrons. The van der Waals surface area contributed by atoms with Gasteiger partial charge in [-0.25, -0.2) is 32.6 Å². The van der Waals surface area contributed by atoms with Gasteiger partial charge in [-0.1, -0.05) is 12.1 Å². The second kappa shape index (κ2) is 7.25. The summed E-state index contributed by atoms with van der Waals surface area (Å²) in [5, 5.41) is 23.4. The zero-order valence-electron chi connectivity index (χ0n) is 14.6. The normalized spacial score (nSPS) is 11.4. The fourth-order valence-corrected chi connectivity index (χ4v) is 3.00. The van der Waals surface area contributed by atoms with Crippen LogP contribution < -0.4 is 15.8 Å². The number of rotatable bonds is 5. The van der Waals surface area contributed by atoms with Crippen LogP contribution in [0.4, 0.5) is 10.5 Å². The maximum absolute atomic E-state index is 12.1. The molecule has 12 heteroatoms. The molecule has 3 rings (SSSR count). The minimum Gasteiger partial charge on any atom is -0.478 e. The number of nitrogens with one attached hydrogen (secondary N) is 2. The molecule has 146 valence electrons. The number of anilines is 1. The Morgan fingerprint density at radius 3 is 2.50 bits per heavy atom. The zero-order valence-corrected chi connectivity index (χ0v) is 15.4. The van der Waals surface area contributed by atoms with Crippen molar-refractivity contribution in [1.29, 1.82) is 0 Å². The Kier molecular flexibility index (Phi) is 4.98. The number of carbonyl (C=O) groups is 2. The summed E-state index contributed by atoms with van der Waals surface area (Å²) >= 11 is 0. The van der Waals surface area contributed by atoms with Crippen LogP contribution in [0.15, 0.2) is 41.6 Å². The van der Waals surface area contributed by atoms with E-state index in [9.17, 15) is 18.0 Å². The number of aromatic nitrogens is 3. The van der Waals surface area contributed by atoms with Crippen LogP contribution >= 0.6 is 0 Å². The molecule has 0 aliphatic heterocycles. The Hall–Kier alpha value is -3.51. The second-order valence-electron chi connectivity index (χ2n) is 5.85. The van der Waals surface area contributed by atoms with Crippen LogP contribution in [0, 0.1) is 6.92 Å². The average Bonchev–Trinajstić information content (AvgIpc) is 3.03. The Labute approximate surface area is 159 Å². The topological polar surface area (TPSA) is 169 Å². The summed E-state index contributed by atoms with van der Waals surface area (Å²) in [7, 11) is -3.77. The van der Waals surface area contributed by atoms with Gasteiger partial charge in [-0.3, -0.25) is 0 Å². The fourth-order valence-electron chi connectivity index (χ4n) is 2.49. The number of primary sulfonamides is 1. The second-order valence-corrected chi connectivity index (χ2v) is 7.41. The molecule has 0 bridgehead atoms. The SMILES string of the molecule is Cc1c(C(=O)O)cnc2c(NC(=O)NCc3ccc(S(N)(=O)=O)cc3)cnn12. The van der Waals surface area contributed by atoms with Crippen LogP contribution in [0.5, 0.6) is 0 Å². The number of sulfonamides is 1. The lowest BCUT2D eigenvalue weighted by Crippen LogP contribution is -2.28. The molecule has 0 aliphatic carbocycles. The van der Waals surface area contributed by atoms with Crippen LogP contribution in [0.3, 0.4) is 0 Å². The molecule has 0 unspecified atom stereocenters. The third-order valence-electron chi connectivity index (χ3n) is 3.95. The van der Waals surface area contributed by atoms with E-state index in [1.165, 1.54) is 41.2 Å². The van der Waals surface area contributed by atoms with E-state index in [1.807, 2.05) is 0 Å². The van der Waals surface area contributed by atoms with Crippen molar-refractivity contribution in [1.82, 2.24) is 19.9 Å². The summed E-state index contributed by atoms with van der Waals surface area (Å²) in [6.07, 6.45) is 2.56. The van der Waals surface area contributed by atoms with E-state index in [1.54, 1.807) is 6.92 Å². The molecular weight excluding hydrogens is 388 g/mol. The van der Waals surface area contributed by atoms with Gasteiger partial charge in [-0.15, -0.1) is 0 Å². The van der Waals surface area contributed by atoms with E-state index in [0.717, 1.165) is 0 Å². The van der Waals surface area contributed by atoms with Crippen LogP contribution in [-0.4, -0.2) is 40.1 Å². The molecule has 5 N–H and O–H groups in total. The summed E-state index contributed by atoms with van der Waals surface area (Å²) in [6, 6.07) is 5.23. The first-order chi connectivity index (χ1) is 13.2. The first-order valence-corrected chi connectivity index (χ1v) is 9.44. The number of aryl methyl sites for hydroxylation is 1. The van der Waals surface area contributed by atoms with Gasteiger partial charge in [-0.2, -0.15) is 5.10 Å². The quantitative estimate of drug-likeness (QED) is 0.485. The monoisotopic (exact) mass is 404 g/mol. The molecule has 0 saturated carbocycles. The Morgan fingerprint density at radius 2 is 1.89 bits per heavy atom. The number of carboxylic acids is 1. The number of fused-ring (bicyclic) bond motifs is 1. The molecule has 11 nitrogen and oxygen atoms in total. The van der Waals surface area contributed by atoms with Crippen LogP contribution in [0.2, 0.25) is 0 Å². The molecule has 0 fully saturated rings. The average molecular weight is 404 g/mol. The molecule has 28 heavy (non-hydrogen) atoms. The van der Waals surface area contributed by atoms with Crippen LogP contribution in [0.1, 0.15) is 21.6 Å². The summed E-state index contributed by atoms with van der Waals surface area (Å²) in [5.74, 6) is -1.12. The van der Waals surface area contributed by atoms with Crippen molar-refractivity contribution < 1.29 is 23.1 Å². The van der Waals surface area contributed by atoms with E-state index in [2.05, 4.69) is 20.7 Å². The number of aromatic carboxylic acids is 1. The number of benzene rings is 1. The summed E-state index contributed by atoms with van der Waals surface area (Å²) in [6.45, 7) is 1.73. The predicted octanol–water partition coefficient (Wildman–Crippen LogP) is 0.705. The maximum atomic E-state index is 12.1. The van der Waals surface area contributed by atoms with Crippen molar-refractivity contribution in [2.75, 3.05) is 5.32 Å². The fraction of sp³-hybridized carbons (Fsp3) is 0.125. The van der Waals surface area contributed by atoms with Gasteiger partial charge in [0.15, 0.2) is 5.65 Å². The Balaban J connectivity index is 1.68. The molecule has 0 spiro atoms. The molecular formula is C16H16N6O5S. The number of amides is 2. The molecule has 1 aromatic carbocycles. The van der Waals surface area contributed by atoms with Gasteiger partial charge in [0, 0.05) is 12.7 Å². The highest BCUT2D eigenvalue weighted by Crippen LogP contribution is 2.17. The van der Waals surface area contributed by atoms with Gasteiger partial charge in [0.2, 0.25) is 10.0 Å². The largest absolute Gasteiger partial charge is 0.478 e. The van der Waals surface area contributed by atoms with E-state index >= 15 is 0 Å². The number of urea groups is 1. The predicted molar refractivity (Wildman–Crippen MR) is 98.4 cm³/mol. The third kappa shape index (κ3) is 3.92. The Morgan fingerprint density at radius 1 is 1.21 bits per heavy atom. The van der Waals surface area contributed by atoms with Crippen molar-refractivity contribution in [3.05, 3.63) is 53.5 Å². The van der Waals surface area contributed by atoms with Crippen molar-refractivity contribution in [3.8, 4) is 0 Å². The number of hydrogen-bond donors (Lipinski definition) is 4. The zero-order chi connectivity index (χ0) is 20.5. The summed E-state index contributed by atoms with van der Waals surface area (Å²) in [4.78, 5) is 27.3.